The van der Waals surface area contributed by atoms with Gasteiger partial charge < -0.3 is 14.4 Å². The average Bonchev–Trinajstić information content (AvgIpc) is 2.19. The Kier molecular flexibility index (Phi) is 4.12. The van der Waals surface area contributed by atoms with E-state index in [0.29, 0.717) is 6.61 Å². The van der Waals surface area contributed by atoms with Crippen molar-refractivity contribution in [3.8, 4) is 5.75 Å². The molecule has 0 radical (unpaired) electrons. The first-order valence-electron chi connectivity index (χ1n) is 4.72. The van der Waals surface area contributed by atoms with Crippen LogP contribution >= 0.6 is 0 Å². The summed E-state index contributed by atoms with van der Waals surface area (Å²) in [7, 11) is 0. The van der Waals surface area contributed by atoms with Gasteiger partial charge in [0.15, 0.2) is 5.75 Å². The molecule has 0 atom stereocenters. The van der Waals surface area contributed by atoms with Gasteiger partial charge in [-0.25, -0.2) is 0 Å². The van der Waals surface area contributed by atoms with Crippen LogP contribution in [0.4, 0.5) is 0 Å². The van der Waals surface area contributed by atoms with Gasteiger partial charge in [0.1, 0.15) is 6.61 Å². The molecular weight excluding hydrogens is 194 g/mol. The first-order valence-corrected chi connectivity index (χ1v) is 4.72. The smallest absolute Gasteiger partial charge is 0.292 e. The van der Waals surface area contributed by atoms with Crippen molar-refractivity contribution >= 4 is 0 Å². The van der Waals surface area contributed by atoms with E-state index in [1.807, 2.05) is 6.92 Å². The summed E-state index contributed by atoms with van der Waals surface area (Å²) in [5.74, 6) is 0.286. The summed E-state index contributed by atoms with van der Waals surface area (Å²) in [5.41, 5.74) is 0.625. The number of ether oxygens (including phenoxy) is 1. The first kappa shape index (κ1) is 11.5. The van der Waals surface area contributed by atoms with E-state index in [9.17, 15) is 4.79 Å². The lowest BCUT2D eigenvalue weighted by molar-refractivity contribution is 0.271. The predicted molar refractivity (Wildman–Crippen MR) is 58.1 cm³/mol. The molecule has 0 aromatic carbocycles. The van der Waals surface area contributed by atoms with E-state index in [1.165, 1.54) is 4.57 Å². The number of hydrogen-bond acceptors (Lipinski definition) is 3. The van der Waals surface area contributed by atoms with Crippen LogP contribution in [0, 0.1) is 0 Å². The molecule has 15 heavy (non-hydrogen) atoms. The van der Waals surface area contributed by atoms with Crippen molar-refractivity contribution in [3.63, 3.8) is 0 Å². The van der Waals surface area contributed by atoms with Crippen LogP contribution < -0.4 is 10.3 Å². The van der Waals surface area contributed by atoms with Crippen molar-refractivity contribution in [3.05, 3.63) is 40.8 Å². The molecule has 1 heterocycles. The lowest BCUT2D eigenvalue weighted by atomic mass is 10.4. The summed E-state index contributed by atoms with van der Waals surface area (Å²) in [6.45, 7) is 6.06. The topological polar surface area (TPSA) is 51.5 Å². The van der Waals surface area contributed by atoms with E-state index >= 15 is 0 Å². The molecule has 0 bridgehead atoms. The van der Waals surface area contributed by atoms with Crippen LogP contribution in [0.3, 0.4) is 0 Å². The molecule has 0 spiro atoms. The van der Waals surface area contributed by atoms with Crippen molar-refractivity contribution in [2.24, 2.45) is 0 Å². The van der Waals surface area contributed by atoms with Gasteiger partial charge in [0.05, 0.1) is 6.61 Å². The monoisotopic (exact) mass is 209 g/mol. The molecule has 0 aliphatic rings. The fourth-order valence-electron chi connectivity index (χ4n) is 1.11. The van der Waals surface area contributed by atoms with E-state index in [2.05, 4.69) is 6.58 Å². The van der Waals surface area contributed by atoms with Crippen LogP contribution in [-0.2, 0) is 6.54 Å². The minimum Gasteiger partial charge on any atom is -0.484 e. The van der Waals surface area contributed by atoms with Crippen LogP contribution in [0.25, 0.3) is 0 Å². The third-order valence-electron chi connectivity index (χ3n) is 1.80. The molecule has 1 aromatic rings. The van der Waals surface area contributed by atoms with Crippen LogP contribution in [0.5, 0.6) is 5.75 Å². The maximum atomic E-state index is 11.7. The minimum absolute atomic E-state index is 0.0656. The van der Waals surface area contributed by atoms with Gasteiger partial charge in [-0.3, -0.25) is 4.79 Å². The van der Waals surface area contributed by atoms with Crippen molar-refractivity contribution in [2.45, 2.75) is 13.5 Å². The Morgan fingerprint density at radius 2 is 2.40 bits per heavy atom. The normalized spacial score (nSPS) is 10.0. The fourth-order valence-corrected chi connectivity index (χ4v) is 1.11. The molecule has 1 rings (SSSR count). The molecule has 1 aromatic heterocycles. The predicted octanol–water partition coefficient (Wildman–Crippen LogP) is 0.796. The molecule has 0 aliphatic carbocycles. The second kappa shape index (κ2) is 5.36. The zero-order chi connectivity index (χ0) is 11.3. The SMILES string of the molecule is C=C(C)COc1cccn(CCO)c1=O. The molecule has 0 fully saturated rings. The van der Waals surface area contributed by atoms with E-state index in [0.717, 1.165) is 5.57 Å². The lowest BCUT2D eigenvalue weighted by Crippen LogP contribution is -2.22. The van der Waals surface area contributed by atoms with Gasteiger partial charge in [-0.2, -0.15) is 0 Å². The third-order valence-corrected chi connectivity index (χ3v) is 1.80. The van der Waals surface area contributed by atoms with Crippen LogP contribution in [0.15, 0.2) is 35.3 Å². The van der Waals surface area contributed by atoms with Gasteiger partial charge in [-0.05, 0) is 24.6 Å². The van der Waals surface area contributed by atoms with Crippen molar-refractivity contribution in [1.82, 2.24) is 4.57 Å². The standard InChI is InChI=1S/C11H15NO3/c1-9(2)8-15-10-4-3-5-12(6-7-13)11(10)14/h3-5,13H,1,6-8H2,2H3. The summed E-state index contributed by atoms with van der Waals surface area (Å²) in [4.78, 5) is 11.7. The van der Waals surface area contributed by atoms with E-state index < -0.39 is 0 Å². The largest absolute Gasteiger partial charge is 0.484 e. The number of rotatable bonds is 5. The highest BCUT2D eigenvalue weighted by Crippen LogP contribution is 2.03. The van der Waals surface area contributed by atoms with Crippen molar-refractivity contribution < 1.29 is 9.84 Å². The van der Waals surface area contributed by atoms with Gasteiger partial charge in [-0.15, -0.1) is 0 Å². The molecule has 0 saturated carbocycles. The lowest BCUT2D eigenvalue weighted by Gasteiger charge is -2.07. The second-order valence-electron chi connectivity index (χ2n) is 3.34. The maximum absolute atomic E-state index is 11.7. The molecule has 1 N–H and O–H groups in total. The number of aliphatic hydroxyl groups is 1. The quantitative estimate of drug-likeness (QED) is 0.730. The molecule has 4 heteroatoms. The van der Waals surface area contributed by atoms with Crippen LogP contribution in [0.1, 0.15) is 6.92 Å². The summed E-state index contributed by atoms with van der Waals surface area (Å²) < 4.78 is 6.68. The molecule has 0 unspecified atom stereocenters. The highest BCUT2D eigenvalue weighted by atomic mass is 16.5. The Morgan fingerprint density at radius 1 is 1.67 bits per heavy atom. The Balaban J connectivity index is 2.84. The number of aliphatic hydroxyl groups excluding tert-OH is 1. The molecule has 82 valence electrons. The van der Waals surface area contributed by atoms with Gasteiger partial charge in [0, 0.05) is 12.7 Å². The Bertz CT molecular complexity index is 395. The number of aromatic nitrogens is 1. The summed E-state index contributed by atoms with van der Waals surface area (Å²) in [6.07, 6.45) is 1.62. The van der Waals surface area contributed by atoms with Gasteiger partial charge in [0.2, 0.25) is 0 Å². The highest BCUT2D eigenvalue weighted by molar-refractivity contribution is 5.18. The van der Waals surface area contributed by atoms with Crippen molar-refractivity contribution in [2.75, 3.05) is 13.2 Å². The number of nitrogens with zero attached hydrogens (tertiary/aromatic N) is 1. The van der Waals surface area contributed by atoms with E-state index in [-0.39, 0.29) is 24.5 Å². The van der Waals surface area contributed by atoms with E-state index in [4.69, 9.17) is 9.84 Å². The van der Waals surface area contributed by atoms with Gasteiger partial charge in [0.25, 0.3) is 5.56 Å². The Hall–Kier alpha value is -1.55. The number of pyridine rings is 1. The summed E-state index contributed by atoms with van der Waals surface area (Å²) >= 11 is 0. The summed E-state index contributed by atoms with van der Waals surface area (Å²) in [5, 5.41) is 8.74. The molecule has 0 saturated heterocycles. The first-order chi connectivity index (χ1) is 7.15. The Labute approximate surface area is 88.4 Å². The fraction of sp³-hybridized carbons (Fsp3) is 0.364. The zero-order valence-electron chi connectivity index (χ0n) is 8.77. The van der Waals surface area contributed by atoms with Gasteiger partial charge >= 0.3 is 0 Å². The highest BCUT2D eigenvalue weighted by Gasteiger charge is 2.03. The maximum Gasteiger partial charge on any atom is 0.292 e. The van der Waals surface area contributed by atoms with Crippen LogP contribution in [-0.4, -0.2) is 22.9 Å². The molecular formula is C11H15NO3. The van der Waals surface area contributed by atoms with Gasteiger partial charge in [-0.1, -0.05) is 6.58 Å². The molecule has 4 nitrogen and oxygen atoms in total. The molecule has 0 aliphatic heterocycles. The van der Waals surface area contributed by atoms with Crippen LogP contribution in [0.2, 0.25) is 0 Å². The van der Waals surface area contributed by atoms with Crippen molar-refractivity contribution in [1.29, 1.82) is 0 Å². The number of hydrogen-bond donors (Lipinski definition) is 1. The summed E-state index contributed by atoms with van der Waals surface area (Å²) in [6, 6.07) is 3.32. The van der Waals surface area contributed by atoms with E-state index in [1.54, 1.807) is 18.3 Å². The average molecular weight is 209 g/mol. The zero-order valence-corrected chi connectivity index (χ0v) is 8.77. The third kappa shape index (κ3) is 3.25. The molecule has 0 amide bonds. The Morgan fingerprint density at radius 3 is 3.00 bits per heavy atom. The minimum atomic E-state index is -0.229. The second-order valence-corrected chi connectivity index (χ2v) is 3.34.